The van der Waals surface area contributed by atoms with Crippen molar-refractivity contribution in [2.24, 2.45) is 0 Å². The first-order valence-electron chi connectivity index (χ1n) is 10.6. The van der Waals surface area contributed by atoms with E-state index < -0.39 is 17.2 Å². The molecule has 1 amide bonds. The molecule has 3 aromatic heterocycles. The van der Waals surface area contributed by atoms with Crippen molar-refractivity contribution in [3.8, 4) is 11.3 Å². The van der Waals surface area contributed by atoms with E-state index >= 15 is 0 Å². The smallest absolute Gasteiger partial charge is 0.327 e. The van der Waals surface area contributed by atoms with Gasteiger partial charge < -0.3 is 5.32 Å². The third kappa shape index (κ3) is 4.40. The van der Waals surface area contributed by atoms with Crippen LogP contribution in [0.25, 0.3) is 22.3 Å². The fourth-order valence-corrected chi connectivity index (χ4v) is 3.73. The summed E-state index contributed by atoms with van der Waals surface area (Å²) in [5.41, 5.74) is 2.78. The van der Waals surface area contributed by atoms with Gasteiger partial charge in [-0.25, -0.2) is 9.78 Å². The molecule has 0 fully saturated rings. The number of carbonyl (C=O) groups is 1. The summed E-state index contributed by atoms with van der Waals surface area (Å²) in [6.45, 7) is 0.835. The summed E-state index contributed by atoms with van der Waals surface area (Å²) in [7, 11) is 0. The van der Waals surface area contributed by atoms with Gasteiger partial charge in [-0.15, -0.1) is 0 Å². The van der Waals surface area contributed by atoms with Crippen molar-refractivity contribution in [1.29, 1.82) is 0 Å². The fraction of sp³-hybridized carbons (Fsp3) is 0.0800. The molecule has 0 unspecified atom stereocenters. The lowest BCUT2D eigenvalue weighted by atomic mass is 10.1. The van der Waals surface area contributed by atoms with Crippen molar-refractivity contribution >= 4 is 16.9 Å². The highest BCUT2D eigenvalue weighted by atomic mass is 16.2. The number of hydrogen-bond donors (Lipinski definition) is 3. The topological polar surface area (TPSA) is 126 Å². The van der Waals surface area contributed by atoms with Crippen molar-refractivity contribution in [1.82, 2.24) is 30.0 Å². The Balaban J connectivity index is 1.41. The standard InChI is InChI=1S/C25H20N6O3/c32-23(18-11-20-22(26-12-18)28-25(34)29-24(20)33)27-13-19-15-31(14-16-7-3-1-4-8-16)30-21(19)17-9-5-2-6-10-17/h1-12,15H,13-14H2,(H,27,32)(H2,26,28,29,33,34). The third-order valence-electron chi connectivity index (χ3n) is 5.36. The second kappa shape index (κ2) is 8.99. The zero-order chi connectivity index (χ0) is 23.5. The molecule has 0 aliphatic heterocycles. The molecule has 5 aromatic rings. The number of hydrogen-bond acceptors (Lipinski definition) is 5. The van der Waals surface area contributed by atoms with Crippen molar-refractivity contribution in [2.75, 3.05) is 0 Å². The number of amides is 1. The lowest BCUT2D eigenvalue weighted by molar-refractivity contribution is 0.0951. The summed E-state index contributed by atoms with van der Waals surface area (Å²) in [6, 6.07) is 21.2. The van der Waals surface area contributed by atoms with Gasteiger partial charge >= 0.3 is 5.69 Å². The van der Waals surface area contributed by atoms with Crippen molar-refractivity contribution in [2.45, 2.75) is 13.1 Å². The van der Waals surface area contributed by atoms with Crippen LogP contribution in [0.3, 0.4) is 0 Å². The fourth-order valence-electron chi connectivity index (χ4n) is 3.73. The molecule has 5 rings (SSSR count). The highest BCUT2D eigenvalue weighted by molar-refractivity contribution is 5.96. The number of pyridine rings is 1. The van der Waals surface area contributed by atoms with Crippen LogP contribution in [-0.4, -0.2) is 30.6 Å². The number of aromatic amines is 2. The number of fused-ring (bicyclic) bond motifs is 1. The minimum absolute atomic E-state index is 0.124. The Morgan fingerprint density at radius 2 is 1.71 bits per heavy atom. The molecule has 0 bridgehead atoms. The Morgan fingerprint density at radius 3 is 2.47 bits per heavy atom. The van der Waals surface area contributed by atoms with Gasteiger partial charge in [0.15, 0.2) is 0 Å². The molecule has 0 saturated carbocycles. The van der Waals surface area contributed by atoms with Gasteiger partial charge in [0, 0.05) is 30.1 Å². The van der Waals surface area contributed by atoms with E-state index in [4.69, 9.17) is 5.10 Å². The normalized spacial score (nSPS) is 10.9. The third-order valence-corrected chi connectivity index (χ3v) is 5.36. The average molecular weight is 452 g/mol. The minimum atomic E-state index is -0.650. The van der Waals surface area contributed by atoms with Crippen LogP contribution < -0.4 is 16.6 Å². The Hall–Kier alpha value is -4.79. The van der Waals surface area contributed by atoms with E-state index in [2.05, 4.69) is 20.3 Å². The molecule has 0 atom stereocenters. The van der Waals surface area contributed by atoms with Crippen LogP contribution in [0.5, 0.6) is 0 Å². The lowest BCUT2D eigenvalue weighted by Crippen LogP contribution is -2.25. The van der Waals surface area contributed by atoms with Crippen LogP contribution in [0, 0.1) is 0 Å². The monoisotopic (exact) mass is 452 g/mol. The maximum atomic E-state index is 12.8. The second-order valence-electron chi connectivity index (χ2n) is 7.76. The van der Waals surface area contributed by atoms with Crippen LogP contribution in [0.1, 0.15) is 21.5 Å². The van der Waals surface area contributed by atoms with Gasteiger partial charge in [0.2, 0.25) is 0 Å². The molecule has 0 aliphatic rings. The average Bonchev–Trinajstić information content (AvgIpc) is 3.26. The highest BCUT2D eigenvalue weighted by Gasteiger charge is 2.15. The molecule has 9 heteroatoms. The van der Waals surface area contributed by atoms with E-state index in [0.29, 0.717) is 6.54 Å². The molecule has 9 nitrogen and oxygen atoms in total. The quantitative estimate of drug-likeness (QED) is 0.365. The predicted octanol–water partition coefficient (Wildman–Crippen LogP) is 2.45. The number of benzene rings is 2. The van der Waals surface area contributed by atoms with Gasteiger partial charge in [-0.1, -0.05) is 60.7 Å². The predicted molar refractivity (Wildman–Crippen MR) is 127 cm³/mol. The van der Waals surface area contributed by atoms with Gasteiger partial charge in [-0.05, 0) is 11.6 Å². The molecular weight excluding hydrogens is 432 g/mol. The van der Waals surface area contributed by atoms with Gasteiger partial charge in [-0.3, -0.25) is 24.2 Å². The van der Waals surface area contributed by atoms with E-state index in [1.54, 1.807) is 0 Å². The Bertz CT molecular complexity index is 1590. The number of carbonyl (C=O) groups excluding carboxylic acids is 1. The zero-order valence-electron chi connectivity index (χ0n) is 18.0. The Morgan fingerprint density at radius 1 is 0.971 bits per heavy atom. The Kier molecular flexibility index (Phi) is 5.57. The second-order valence-corrected chi connectivity index (χ2v) is 7.76. The molecule has 0 aliphatic carbocycles. The molecule has 0 spiro atoms. The van der Waals surface area contributed by atoms with Crippen LogP contribution in [0.15, 0.2) is 88.7 Å². The van der Waals surface area contributed by atoms with Crippen LogP contribution >= 0.6 is 0 Å². The summed E-state index contributed by atoms with van der Waals surface area (Å²) in [4.78, 5) is 44.9. The summed E-state index contributed by atoms with van der Waals surface area (Å²) >= 11 is 0. The molecule has 3 N–H and O–H groups in total. The van der Waals surface area contributed by atoms with Crippen LogP contribution in [-0.2, 0) is 13.1 Å². The maximum Gasteiger partial charge on any atom is 0.327 e. The van der Waals surface area contributed by atoms with E-state index in [-0.39, 0.29) is 23.1 Å². The van der Waals surface area contributed by atoms with Gasteiger partial charge in [0.1, 0.15) is 5.65 Å². The number of nitrogens with zero attached hydrogens (tertiary/aromatic N) is 3. The number of aromatic nitrogens is 5. The molecule has 0 radical (unpaired) electrons. The summed E-state index contributed by atoms with van der Waals surface area (Å²) in [5, 5.41) is 7.78. The summed E-state index contributed by atoms with van der Waals surface area (Å²) in [5.74, 6) is -0.394. The Labute approximate surface area is 193 Å². The van der Waals surface area contributed by atoms with Crippen molar-refractivity contribution < 1.29 is 4.79 Å². The van der Waals surface area contributed by atoms with E-state index in [1.165, 1.54) is 12.3 Å². The van der Waals surface area contributed by atoms with Gasteiger partial charge in [-0.2, -0.15) is 5.10 Å². The SMILES string of the molecule is O=C(NCc1cn(Cc2ccccc2)nc1-c1ccccc1)c1cnc2[nH]c(=O)[nH]c(=O)c2c1. The molecule has 3 heterocycles. The molecule has 0 saturated heterocycles. The molecular formula is C25H20N6O3. The van der Waals surface area contributed by atoms with Gasteiger partial charge in [0.25, 0.3) is 11.5 Å². The first-order valence-corrected chi connectivity index (χ1v) is 10.6. The first-order chi connectivity index (χ1) is 16.6. The number of H-pyrrole nitrogens is 2. The lowest BCUT2D eigenvalue weighted by Gasteiger charge is -2.06. The molecule has 34 heavy (non-hydrogen) atoms. The first kappa shape index (κ1) is 21.1. The van der Waals surface area contributed by atoms with E-state index in [9.17, 15) is 14.4 Å². The van der Waals surface area contributed by atoms with Crippen LogP contribution in [0.2, 0.25) is 0 Å². The number of nitrogens with one attached hydrogen (secondary N) is 3. The minimum Gasteiger partial charge on any atom is -0.348 e. The van der Waals surface area contributed by atoms with Crippen molar-refractivity contribution in [3.05, 3.63) is 117 Å². The van der Waals surface area contributed by atoms with Crippen molar-refractivity contribution in [3.63, 3.8) is 0 Å². The van der Waals surface area contributed by atoms with E-state index in [0.717, 1.165) is 22.4 Å². The zero-order valence-corrected chi connectivity index (χ0v) is 18.0. The molecule has 168 valence electrons. The van der Waals surface area contributed by atoms with Crippen LogP contribution in [0.4, 0.5) is 0 Å². The summed E-state index contributed by atoms with van der Waals surface area (Å²) < 4.78 is 1.85. The van der Waals surface area contributed by atoms with Gasteiger partial charge in [0.05, 0.1) is 23.2 Å². The maximum absolute atomic E-state index is 12.8. The largest absolute Gasteiger partial charge is 0.348 e. The number of rotatable bonds is 6. The molecule has 2 aromatic carbocycles. The van der Waals surface area contributed by atoms with E-state index in [1.807, 2.05) is 71.5 Å². The summed E-state index contributed by atoms with van der Waals surface area (Å²) in [6.07, 6.45) is 3.24. The highest BCUT2D eigenvalue weighted by Crippen LogP contribution is 2.22.